The molecule has 100 valence electrons. The summed E-state index contributed by atoms with van der Waals surface area (Å²) in [5.74, 6) is -0.437. The molecule has 0 spiro atoms. The summed E-state index contributed by atoms with van der Waals surface area (Å²) in [6.07, 6.45) is 3.00. The molecule has 18 heavy (non-hydrogen) atoms. The smallest absolute Gasteiger partial charge is 0.248 e. The fourth-order valence-electron chi connectivity index (χ4n) is 2.12. The molecule has 0 bridgehead atoms. The predicted molar refractivity (Wildman–Crippen MR) is 76.6 cm³/mol. The van der Waals surface area contributed by atoms with E-state index in [1.165, 1.54) is 0 Å². The Morgan fingerprint density at radius 2 is 1.78 bits per heavy atom. The third-order valence-electron chi connectivity index (χ3n) is 3.77. The molecule has 0 heterocycles. The summed E-state index contributed by atoms with van der Waals surface area (Å²) in [6, 6.07) is 5.09. The van der Waals surface area contributed by atoms with Gasteiger partial charge in [0.2, 0.25) is 5.91 Å². The van der Waals surface area contributed by atoms with Gasteiger partial charge in [-0.25, -0.2) is 0 Å². The van der Waals surface area contributed by atoms with Crippen molar-refractivity contribution in [3.8, 4) is 0 Å². The number of nitrogens with two attached hydrogens (primary N) is 2. The van der Waals surface area contributed by atoms with Crippen LogP contribution in [-0.4, -0.2) is 11.4 Å². The second kappa shape index (κ2) is 5.76. The molecule has 0 saturated carbocycles. The van der Waals surface area contributed by atoms with Gasteiger partial charge in [0.1, 0.15) is 0 Å². The van der Waals surface area contributed by atoms with Gasteiger partial charge in [0, 0.05) is 11.1 Å². The molecule has 1 aromatic carbocycles. The van der Waals surface area contributed by atoms with Crippen LogP contribution >= 0.6 is 0 Å². The number of rotatable bonds is 6. The summed E-state index contributed by atoms with van der Waals surface area (Å²) in [6.45, 7) is 6.44. The van der Waals surface area contributed by atoms with Crippen molar-refractivity contribution in [3.05, 3.63) is 23.8 Å². The SMILES string of the molecule is CCC(CC)(CC)Nc1cc(C(N)=O)ccc1N. The zero-order valence-corrected chi connectivity index (χ0v) is 11.4. The van der Waals surface area contributed by atoms with Crippen LogP contribution in [0.2, 0.25) is 0 Å². The lowest BCUT2D eigenvalue weighted by Crippen LogP contribution is -2.36. The molecule has 0 aliphatic carbocycles. The molecule has 0 fully saturated rings. The Hall–Kier alpha value is -1.71. The highest BCUT2D eigenvalue weighted by Crippen LogP contribution is 2.29. The maximum Gasteiger partial charge on any atom is 0.248 e. The Bertz CT molecular complexity index is 417. The van der Waals surface area contributed by atoms with E-state index in [0.29, 0.717) is 11.3 Å². The highest BCUT2D eigenvalue weighted by atomic mass is 16.1. The van der Waals surface area contributed by atoms with Crippen LogP contribution in [0.3, 0.4) is 0 Å². The van der Waals surface area contributed by atoms with Gasteiger partial charge in [-0.3, -0.25) is 4.79 Å². The number of carbonyl (C=O) groups excluding carboxylic acids is 1. The summed E-state index contributed by atoms with van der Waals surface area (Å²) >= 11 is 0. The number of anilines is 2. The minimum atomic E-state index is -0.437. The van der Waals surface area contributed by atoms with E-state index in [4.69, 9.17) is 11.5 Å². The molecule has 0 atom stereocenters. The number of hydrogen-bond donors (Lipinski definition) is 3. The number of amides is 1. The lowest BCUT2D eigenvalue weighted by molar-refractivity contribution is 0.100. The van der Waals surface area contributed by atoms with Crippen LogP contribution in [0.25, 0.3) is 0 Å². The normalized spacial score (nSPS) is 11.3. The topological polar surface area (TPSA) is 81.1 Å². The van der Waals surface area contributed by atoms with Crippen molar-refractivity contribution in [3.63, 3.8) is 0 Å². The molecule has 1 rings (SSSR count). The Kier molecular flexibility index (Phi) is 4.59. The first-order valence-corrected chi connectivity index (χ1v) is 6.45. The number of primary amides is 1. The van der Waals surface area contributed by atoms with Crippen molar-refractivity contribution in [2.75, 3.05) is 11.1 Å². The molecule has 5 N–H and O–H groups in total. The number of carbonyl (C=O) groups is 1. The Morgan fingerprint density at radius 3 is 2.22 bits per heavy atom. The minimum Gasteiger partial charge on any atom is -0.397 e. The molecular formula is C14H23N3O. The number of hydrogen-bond acceptors (Lipinski definition) is 3. The number of nitrogens with one attached hydrogen (secondary N) is 1. The van der Waals surface area contributed by atoms with Crippen molar-refractivity contribution in [1.82, 2.24) is 0 Å². The van der Waals surface area contributed by atoms with Crippen LogP contribution in [0.15, 0.2) is 18.2 Å². The first kappa shape index (κ1) is 14.4. The first-order chi connectivity index (χ1) is 8.48. The van der Waals surface area contributed by atoms with Crippen LogP contribution in [0.5, 0.6) is 0 Å². The van der Waals surface area contributed by atoms with Gasteiger partial charge < -0.3 is 16.8 Å². The standard InChI is InChI=1S/C14H23N3O/c1-4-14(5-2,6-3)17-12-9-10(13(16)18)7-8-11(12)15/h7-9,17H,4-6,15H2,1-3H3,(H2,16,18). The molecule has 4 nitrogen and oxygen atoms in total. The van der Waals surface area contributed by atoms with Crippen LogP contribution in [0.4, 0.5) is 11.4 Å². The van der Waals surface area contributed by atoms with E-state index in [0.717, 1.165) is 24.9 Å². The molecule has 0 aromatic heterocycles. The van der Waals surface area contributed by atoms with Crippen molar-refractivity contribution < 1.29 is 4.79 Å². The van der Waals surface area contributed by atoms with Crippen LogP contribution in [-0.2, 0) is 0 Å². The average molecular weight is 249 g/mol. The molecule has 1 amide bonds. The van der Waals surface area contributed by atoms with Gasteiger partial charge in [-0.15, -0.1) is 0 Å². The van der Waals surface area contributed by atoms with Gasteiger partial charge in [0.15, 0.2) is 0 Å². The van der Waals surface area contributed by atoms with Gasteiger partial charge in [-0.05, 0) is 37.5 Å². The van der Waals surface area contributed by atoms with Crippen molar-refractivity contribution in [2.24, 2.45) is 5.73 Å². The van der Waals surface area contributed by atoms with E-state index < -0.39 is 5.91 Å². The van der Waals surface area contributed by atoms with E-state index in [-0.39, 0.29) is 5.54 Å². The highest BCUT2D eigenvalue weighted by Gasteiger charge is 2.24. The largest absolute Gasteiger partial charge is 0.397 e. The molecule has 4 heteroatoms. The number of nitrogen functional groups attached to an aromatic ring is 1. The number of benzene rings is 1. The summed E-state index contributed by atoms with van der Waals surface area (Å²) in [5, 5.41) is 3.47. The first-order valence-electron chi connectivity index (χ1n) is 6.45. The molecule has 0 saturated heterocycles. The zero-order valence-electron chi connectivity index (χ0n) is 11.4. The van der Waals surface area contributed by atoms with Crippen molar-refractivity contribution >= 4 is 17.3 Å². The lowest BCUT2D eigenvalue weighted by atomic mass is 9.89. The Morgan fingerprint density at radius 1 is 1.22 bits per heavy atom. The molecule has 0 radical (unpaired) electrons. The van der Waals surface area contributed by atoms with E-state index in [9.17, 15) is 4.79 Å². The minimum absolute atomic E-state index is 0.0182. The van der Waals surface area contributed by atoms with Gasteiger partial charge >= 0.3 is 0 Å². The van der Waals surface area contributed by atoms with Crippen LogP contribution in [0.1, 0.15) is 50.4 Å². The summed E-state index contributed by atoms with van der Waals surface area (Å²) in [4.78, 5) is 11.2. The second-order valence-corrected chi connectivity index (χ2v) is 4.63. The Labute approximate surface area is 109 Å². The fourth-order valence-corrected chi connectivity index (χ4v) is 2.12. The van der Waals surface area contributed by atoms with Gasteiger partial charge in [0.05, 0.1) is 11.4 Å². The van der Waals surface area contributed by atoms with Gasteiger partial charge in [-0.1, -0.05) is 20.8 Å². The van der Waals surface area contributed by atoms with Crippen LogP contribution < -0.4 is 16.8 Å². The summed E-state index contributed by atoms with van der Waals surface area (Å²) in [7, 11) is 0. The third-order valence-corrected chi connectivity index (χ3v) is 3.77. The van der Waals surface area contributed by atoms with Gasteiger partial charge in [-0.2, -0.15) is 0 Å². The van der Waals surface area contributed by atoms with Crippen LogP contribution in [0, 0.1) is 0 Å². The Balaban J connectivity index is 3.09. The summed E-state index contributed by atoms with van der Waals surface area (Å²) < 4.78 is 0. The second-order valence-electron chi connectivity index (χ2n) is 4.63. The summed E-state index contributed by atoms with van der Waals surface area (Å²) in [5.41, 5.74) is 13.2. The van der Waals surface area contributed by atoms with E-state index in [2.05, 4.69) is 26.1 Å². The quantitative estimate of drug-likeness (QED) is 0.678. The van der Waals surface area contributed by atoms with Gasteiger partial charge in [0.25, 0.3) is 0 Å². The molecule has 0 aliphatic heterocycles. The van der Waals surface area contributed by atoms with Crippen molar-refractivity contribution in [2.45, 2.75) is 45.6 Å². The molecular weight excluding hydrogens is 226 g/mol. The maximum atomic E-state index is 11.2. The monoisotopic (exact) mass is 249 g/mol. The fraction of sp³-hybridized carbons (Fsp3) is 0.500. The predicted octanol–water partition coefficient (Wildman–Crippen LogP) is 2.75. The molecule has 0 unspecified atom stereocenters. The van der Waals surface area contributed by atoms with E-state index >= 15 is 0 Å². The molecule has 0 aliphatic rings. The maximum absolute atomic E-state index is 11.2. The average Bonchev–Trinajstić information content (AvgIpc) is 2.38. The van der Waals surface area contributed by atoms with Crippen molar-refractivity contribution in [1.29, 1.82) is 0 Å². The third kappa shape index (κ3) is 2.94. The molecule has 1 aromatic rings. The van der Waals surface area contributed by atoms with E-state index in [1.54, 1.807) is 18.2 Å². The highest BCUT2D eigenvalue weighted by molar-refractivity contribution is 5.95. The van der Waals surface area contributed by atoms with E-state index in [1.807, 2.05) is 0 Å². The lowest BCUT2D eigenvalue weighted by Gasteiger charge is -2.33. The zero-order chi connectivity index (χ0) is 13.8.